The normalized spacial score (nSPS) is 14.8. The molecular formula is C23H23F6N7O3S. The van der Waals surface area contributed by atoms with Crippen LogP contribution in [0.5, 0.6) is 0 Å². The maximum atomic E-state index is 15.0. The summed E-state index contributed by atoms with van der Waals surface area (Å²) in [5.41, 5.74) is -6.01. The summed E-state index contributed by atoms with van der Waals surface area (Å²) in [4.78, 5) is 20.5. The van der Waals surface area contributed by atoms with Gasteiger partial charge in [-0.3, -0.25) is 14.2 Å². The van der Waals surface area contributed by atoms with Crippen LogP contribution < -0.4 is 10.3 Å². The first-order chi connectivity index (χ1) is 18.6. The van der Waals surface area contributed by atoms with Crippen LogP contribution in [0.1, 0.15) is 47.6 Å². The molecule has 2 aromatic heterocycles. The monoisotopic (exact) mass is 591 g/mol. The van der Waals surface area contributed by atoms with Crippen molar-refractivity contribution < 1.29 is 39.6 Å². The molecule has 1 aliphatic heterocycles. The van der Waals surface area contributed by atoms with Gasteiger partial charge >= 0.3 is 15.5 Å². The molecule has 0 saturated heterocycles. The summed E-state index contributed by atoms with van der Waals surface area (Å²) < 4.78 is 107. The van der Waals surface area contributed by atoms with E-state index < -0.39 is 63.4 Å². The van der Waals surface area contributed by atoms with Crippen molar-refractivity contribution in [2.45, 2.75) is 39.2 Å². The van der Waals surface area contributed by atoms with Crippen molar-refractivity contribution in [3.8, 4) is 0 Å². The van der Waals surface area contributed by atoms with Gasteiger partial charge in [0.15, 0.2) is 0 Å². The number of hydrazone groups is 1. The number of hydrogen-bond acceptors (Lipinski definition) is 7. The number of rotatable bonds is 7. The Morgan fingerprint density at radius 1 is 1.18 bits per heavy atom. The third-order valence-corrected chi connectivity index (χ3v) is 7.43. The lowest BCUT2D eigenvalue weighted by molar-refractivity contribution is -0.0473. The molecule has 0 fully saturated rings. The largest absolute Gasteiger partial charge is 0.516 e. The van der Waals surface area contributed by atoms with Crippen molar-refractivity contribution in [2.24, 2.45) is 11.0 Å². The SMILES string of the molecule is Cc1cnc2nc(C(F)F)c(C(=O)NCc3ccc(N4CCN(S(=O)(=O)C(F)(F)F)C(C(C)C)=N4)c(F)c3)n2c1. The maximum absolute atomic E-state index is 15.0. The van der Waals surface area contributed by atoms with E-state index in [0.717, 1.165) is 15.5 Å². The average molecular weight is 592 g/mol. The van der Waals surface area contributed by atoms with Crippen LogP contribution in [-0.4, -0.2) is 57.4 Å². The molecule has 17 heteroatoms. The summed E-state index contributed by atoms with van der Waals surface area (Å²) in [6.45, 7) is 3.31. The van der Waals surface area contributed by atoms with Gasteiger partial charge in [0, 0.05) is 24.9 Å². The molecule has 0 unspecified atom stereocenters. The minimum absolute atomic E-state index is 0.0918. The summed E-state index contributed by atoms with van der Waals surface area (Å²) >= 11 is 0. The number of sulfonamides is 1. The molecule has 0 aliphatic carbocycles. The third-order valence-electron chi connectivity index (χ3n) is 5.89. The third kappa shape index (κ3) is 5.41. The van der Waals surface area contributed by atoms with Crippen molar-refractivity contribution in [1.82, 2.24) is 24.0 Å². The number of imidazole rings is 1. The average Bonchev–Trinajstić information content (AvgIpc) is 3.25. The summed E-state index contributed by atoms with van der Waals surface area (Å²) in [7, 11) is -5.69. The lowest BCUT2D eigenvalue weighted by Crippen LogP contribution is -2.52. The first-order valence-electron chi connectivity index (χ1n) is 11.8. The number of hydrogen-bond donors (Lipinski definition) is 1. The quantitative estimate of drug-likeness (QED) is 0.416. The predicted molar refractivity (Wildman–Crippen MR) is 132 cm³/mol. The molecule has 1 aliphatic rings. The number of anilines is 1. The number of aromatic nitrogens is 3. The second kappa shape index (κ2) is 10.6. The molecule has 1 N–H and O–H groups in total. The highest BCUT2D eigenvalue weighted by molar-refractivity contribution is 7.90. The number of nitrogens with one attached hydrogen (secondary N) is 1. The van der Waals surface area contributed by atoms with Crippen LogP contribution in [-0.2, 0) is 16.6 Å². The molecule has 0 spiro atoms. The summed E-state index contributed by atoms with van der Waals surface area (Å²) in [5.74, 6) is -2.99. The number of carbonyl (C=O) groups excluding carboxylic acids is 1. The van der Waals surface area contributed by atoms with E-state index in [1.165, 1.54) is 38.4 Å². The number of amides is 1. The first kappa shape index (κ1) is 29.1. The van der Waals surface area contributed by atoms with Crippen molar-refractivity contribution in [1.29, 1.82) is 0 Å². The number of fused-ring (bicyclic) bond motifs is 1. The smallest absolute Gasteiger partial charge is 0.347 e. The number of amidine groups is 1. The van der Waals surface area contributed by atoms with Crippen LogP contribution in [0.3, 0.4) is 0 Å². The lowest BCUT2D eigenvalue weighted by Gasteiger charge is -2.35. The summed E-state index contributed by atoms with van der Waals surface area (Å²) in [5, 5.41) is 7.47. The molecule has 1 aromatic carbocycles. The Bertz CT molecular complexity index is 1590. The first-order valence-corrected chi connectivity index (χ1v) is 13.2. The van der Waals surface area contributed by atoms with Gasteiger partial charge in [0.25, 0.3) is 12.3 Å². The van der Waals surface area contributed by atoms with Gasteiger partial charge in [-0.1, -0.05) is 19.9 Å². The number of aryl methyl sites for hydroxylation is 1. The predicted octanol–water partition coefficient (Wildman–Crippen LogP) is 3.99. The van der Waals surface area contributed by atoms with E-state index in [0.29, 0.717) is 5.56 Å². The molecule has 3 aromatic rings. The molecule has 4 rings (SSSR count). The molecule has 10 nitrogen and oxygen atoms in total. The van der Waals surface area contributed by atoms with Gasteiger partial charge in [-0.2, -0.15) is 26.7 Å². The minimum Gasteiger partial charge on any atom is -0.347 e. The highest BCUT2D eigenvalue weighted by Crippen LogP contribution is 2.31. The zero-order valence-electron chi connectivity index (χ0n) is 21.2. The molecular weight excluding hydrogens is 568 g/mol. The number of benzene rings is 1. The molecule has 0 radical (unpaired) electrons. The van der Waals surface area contributed by atoms with Crippen LogP contribution in [0.4, 0.5) is 32.0 Å². The Morgan fingerprint density at radius 2 is 1.88 bits per heavy atom. The van der Waals surface area contributed by atoms with Crippen molar-refractivity contribution in [2.75, 3.05) is 18.1 Å². The Morgan fingerprint density at radius 3 is 2.48 bits per heavy atom. The lowest BCUT2D eigenvalue weighted by atomic mass is 10.1. The van der Waals surface area contributed by atoms with Gasteiger partial charge in [0.1, 0.15) is 23.0 Å². The number of halogens is 6. The molecule has 40 heavy (non-hydrogen) atoms. The Balaban J connectivity index is 1.55. The van der Waals surface area contributed by atoms with Gasteiger partial charge < -0.3 is 5.32 Å². The van der Waals surface area contributed by atoms with Crippen LogP contribution in [0, 0.1) is 18.7 Å². The van der Waals surface area contributed by atoms with Crippen LogP contribution in [0.15, 0.2) is 35.7 Å². The maximum Gasteiger partial charge on any atom is 0.516 e. The molecule has 3 heterocycles. The second-order valence-electron chi connectivity index (χ2n) is 9.18. The van der Waals surface area contributed by atoms with Crippen molar-refractivity contribution in [3.63, 3.8) is 0 Å². The van der Waals surface area contributed by atoms with E-state index >= 15 is 4.39 Å². The summed E-state index contributed by atoms with van der Waals surface area (Å²) in [6.07, 6.45) is -0.217. The van der Waals surface area contributed by atoms with Crippen LogP contribution in [0.2, 0.25) is 0 Å². The van der Waals surface area contributed by atoms with Crippen LogP contribution in [0.25, 0.3) is 5.78 Å². The zero-order chi connectivity index (χ0) is 29.6. The number of alkyl halides is 5. The molecule has 0 bridgehead atoms. The fraction of sp³-hybridized carbons (Fsp3) is 0.391. The molecule has 216 valence electrons. The van der Waals surface area contributed by atoms with E-state index in [4.69, 9.17) is 0 Å². The number of carbonyl (C=O) groups is 1. The fourth-order valence-electron chi connectivity index (χ4n) is 4.03. The Kier molecular flexibility index (Phi) is 7.70. The van der Waals surface area contributed by atoms with Crippen molar-refractivity contribution >= 4 is 33.2 Å². The van der Waals surface area contributed by atoms with Gasteiger partial charge in [-0.15, -0.1) is 0 Å². The standard InChI is InChI=1S/C23H23F6N7O3S/c1-12(2)20-33-35(6-7-36(20)40(38,39)23(27,28)29)16-5-4-14(8-15(16)24)10-30-21(37)18-17(19(25)26)32-22-31-9-13(3)11-34(18)22/h4-5,8-9,11-12,19H,6-7,10H2,1-3H3,(H,30,37). The van der Waals surface area contributed by atoms with E-state index in [-0.39, 0.29) is 34.4 Å². The Labute approximate surface area is 224 Å². The minimum atomic E-state index is -5.69. The van der Waals surface area contributed by atoms with Crippen LogP contribution >= 0.6 is 0 Å². The Hall–Kier alpha value is -3.89. The van der Waals surface area contributed by atoms with E-state index in [1.807, 2.05) is 0 Å². The fourth-order valence-corrected chi connectivity index (χ4v) is 5.10. The zero-order valence-corrected chi connectivity index (χ0v) is 22.1. The summed E-state index contributed by atoms with van der Waals surface area (Å²) in [6, 6.07) is 3.70. The molecule has 0 atom stereocenters. The molecule has 0 saturated carbocycles. The van der Waals surface area contributed by atoms with Crippen molar-refractivity contribution in [3.05, 3.63) is 58.9 Å². The van der Waals surface area contributed by atoms with E-state index in [1.54, 1.807) is 6.92 Å². The van der Waals surface area contributed by atoms with E-state index in [2.05, 4.69) is 20.4 Å². The van der Waals surface area contributed by atoms with Gasteiger partial charge in [0.2, 0.25) is 5.78 Å². The molecule has 1 amide bonds. The van der Waals surface area contributed by atoms with E-state index in [9.17, 15) is 35.2 Å². The van der Waals surface area contributed by atoms with Gasteiger partial charge in [-0.05, 0) is 30.2 Å². The topological polar surface area (TPSA) is 112 Å². The second-order valence-corrected chi connectivity index (χ2v) is 11.0. The highest BCUT2D eigenvalue weighted by atomic mass is 32.2. The van der Waals surface area contributed by atoms with Gasteiger partial charge in [0.05, 0.1) is 18.8 Å². The number of nitrogens with zero attached hydrogens (tertiary/aromatic N) is 6. The highest BCUT2D eigenvalue weighted by Gasteiger charge is 2.52. The van der Waals surface area contributed by atoms with Gasteiger partial charge in [-0.25, -0.2) is 27.4 Å².